The van der Waals surface area contributed by atoms with Gasteiger partial charge in [0, 0.05) is 25.2 Å². The second-order valence-corrected chi connectivity index (χ2v) is 6.83. The number of carbonyl (C=O) groups excluding carboxylic acids is 1. The van der Waals surface area contributed by atoms with Crippen LogP contribution in [0, 0.1) is 5.92 Å². The molecular weight excluding hydrogens is 266 g/mol. The molecule has 3 aliphatic rings. The van der Waals surface area contributed by atoms with Crippen LogP contribution in [0.15, 0.2) is 0 Å². The van der Waals surface area contributed by atoms with Crippen molar-refractivity contribution in [2.75, 3.05) is 32.8 Å². The first-order valence-electron chi connectivity index (χ1n) is 8.67. The molecule has 120 valence electrons. The number of likely N-dealkylation sites (tertiary alicyclic amines) is 1. The second-order valence-electron chi connectivity index (χ2n) is 6.83. The molecule has 1 aliphatic carbocycles. The van der Waals surface area contributed by atoms with Gasteiger partial charge < -0.3 is 15.4 Å². The molecule has 2 amide bonds. The molecule has 3 rings (SSSR count). The van der Waals surface area contributed by atoms with Crippen molar-refractivity contribution in [1.29, 1.82) is 0 Å². The van der Waals surface area contributed by atoms with Crippen LogP contribution >= 0.6 is 0 Å². The molecule has 5 nitrogen and oxygen atoms in total. The fourth-order valence-electron chi connectivity index (χ4n) is 3.88. The molecule has 21 heavy (non-hydrogen) atoms. The maximum atomic E-state index is 11.9. The molecular formula is C16H29N3O2. The van der Waals surface area contributed by atoms with E-state index >= 15 is 0 Å². The molecule has 3 fully saturated rings. The Kier molecular flexibility index (Phi) is 5.36. The third-order valence-corrected chi connectivity index (χ3v) is 5.31. The molecule has 0 aromatic rings. The number of rotatable bonds is 4. The van der Waals surface area contributed by atoms with E-state index in [9.17, 15) is 4.79 Å². The molecule has 2 aliphatic heterocycles. The highest BCUT2D eigenvalue weighted by Crippen LogP contribution is 2.22. The average molecular weight is 295 g/mol. The number of carbonyl (C=O) groups is 1. The van der Waals surface area contributed by atoms with Gasteiger partial charge in [-0.25, -0.2) is 4.79 Å². The number of urea groups is 1. The highest BCUT2D eigenvalue weighted by atomic mass is 16.5. The van der Waals surface area contributed by atoms with Gasteiger partial charge in [-0.15, -0.1) is 0 Å². The summed E-state index contributed by atoms with van der Waals surface area (Å²) < 4.78 is 5.47. The van der Waals surface area contributed by atoms with Crippen molar-refractivity contribution in [2.45, 2.75) is 57.0 Å². The van der Waals surface area contributed by atoms with Gasteiger partial charge in [0.05, 0.1) is 6.61 Å². The Labute approximate surface area is 127 Å². The molecule has 1 saturated carbocycles. The standard InChI is InChI=1S/C16H29N3O2/c20-16(18-14-3-1-2-4-14)17-11-13-5-8-19(9-6-13)15-7-10-21-12-15/h13-15H,1-12H2,(H2,17,18,20)/t15-/m1/s1. The van der Waals surface area contributed by atoms with Crippen molar-refractivity contribution in [3.05, 3.63) is 0 Å². The minimum absolute atomic E-state index is 0.0357. The zero-order valence-electron chi connectivity index (χ0n) is 13.0. The van der Waals surface area contributed by atoms with Crippen molar-refractivity contribution in [3.8, 4) is 0 Å². The van der Waals surface area contributed by atoms with Gasteiger partial charge in [0.15, 0.2) is 0 Å². The summed E-state index contributed by atoms with van der Waals surface area (Å²) in [5, 5.41) is 6.17. The third kappa shape index (κ3) is 4.33. The van der Waals surface area contributed by atoms with Crippen molar-refractivity contribution >= 4 is 6.03 Å². The molecule has 0 radical (unpaired) electrons. The number of piperidine rings is 1. The summed E-state index contributed by atoms with van der Waals surface area (Å²) in [6, 6.07) is 1.09. The summed E-state index contributed by atoms with van der Waals surface area (Å²) in [7, 11) is 0. The van der Waals surface area contributed by atoms with Gasteiger partial charge in [-0.2, -0.15) is 0 Å². The fourth-order valence-corrected chi connectivity index (χ4v) is 3.88. The SMILES string of the molecule is O=C(NCC1CCN([C@@H]2CCOC2)CC1)NC1CCCC1. The summed E-state index contributed by atoms with van der Waals surface area (Å²) in [6.07, 6.45) is 8.39. The third-order valence-electron chi connectivity index (χ3n) is 5.31. The summed E-state index contributed by atoms with van der Waals surface area (Å²) >= 11 is 0. The Hall–Kier alpha value is -0.810. The van der Waals surface area contributed by atoms with Crippen LogP contribution in [0.3, 0.4) is 0 Å². The quantitative estimate of drug-likeness (QED) is 0.830. The van der Waals surface area contributed by atoms with E-state index in [2.05, 4.69) is 15.5 Å². The smallest absolute Gasteiger partial charge is 0.315 e. The number of hydrogen-bond acceptors (Lipinski definition) is 3. The van der Waals surface area contributed by atoms with Crippen LogP contribution in [-0.4, -0.2) is 55.9 Å². The van der Waals surface area contributed by atoms with Gasteiger partial charge >= 0.3 is 6.03 Å². The summed E-state index contributed by atoms with van der Waals surface area (Å²) in [5.74, 6) is 0.637. The summed E-state index contributed by atoms with van der Waals surface area (Å²) in [5.41, 5.74) is 0. The molecule has 5 heteroatoms. The number of ether oxygens (including phenoxy) is 1. The normalized spacial score (nSPS) is 28.9. The first-order chi connectivity index (χ1) is 10.3. The van der Waals surface area contributed by atoms with Gasteiger partial charge in [0.2, 0.25) is 0 Å². The van der Waals surface area contributed by atoms with Crippen molar-refractivity contribution in [3.63, 3.8) is 0 Å². The first-order valence-corrected chi connectivity index (χ1v) is 8.67. The maximum Gasteiger partial charge on any atom is 0.315 e. The van der Waals surface area contributed by atoms with Crippen molar-refractivity contribution in [1.82, 2.24) is 15.5 Å². The summed E-state index contributed by atoms with van der Waals surface area (Å²) in [6.45, 7) is 4.98. The zero-order chi connectivity index (χ0) is 14.5. The van der Waals surface area contributed by atoms with Crippen LogP contribution in [0.25, 0.3) is 0 Å². The number of nitrogens with zero attached hydrogens (tertiary/aromatic N) is 1. The molecule has 0 unspecified atom stereocenters. The van der Waals surface area contributed by atoms with Crippen molar-refractivity contribution in [2.24, 2.45) is 5.92 Å². The lowest BCUT2D eigenvalue weighted by Crippen LogP contribution is -2.46. The van der Waals surface area contributed by atoms with E-state index in [1.807, 2.05) is 0 Å². The van der Waals surface area contributed by atoms with Crippen LogP contribution in [0.5, 0.6) is 0 Å². The predicted molar refractivity (Wildman–Crippen MR) is 82.3 cm³/mol. The van der Waals surface area contributed by atoms with Crippen molar-refractivity contribution < 1.29 is 9.53 Å². The largest absolute Gasteiger partial charge is 0.380 e. The van der Waals surface area contributed by atoms with Gasteiger partial charge in [-0.3, -0.25) is 4.90 Å². The highest BCUT2D eigenvalue weighted by molar-refractivity contribution is 5.74. The number of amides is 2. The van der Waals surface area contributed by atoms with E-state index in [1.165, 1.54) is 32.1 Å². The van der Waals surface area contributed by atoms with Gasteiger partial charge in [-0.05, 0) is 51.1 Å². The maximum absolute atomic E-state index is 11.9. The Morgan fingerprint density at radius 3 is 2.52 bits per heavy atom. The lowest BCUT2D eigenvalue weighted by atomic mass is 9.95. The average Bonchev–Trinajstić information content (AvgIpc) is 3.19. The van der Waals surface area contributed by atoms with E-state index in [-0.39, 0.29) is 6.03 Å². The zero-order valence-corrected chi connectivity index (χ0v) is 13.0. The Morgan fingerprint density at radius 2 is 1.86 bits per heavy atom. The number of hydrogen-bond donors (Lipinski definition) is 2. The summed E-state index contributed by atoms with van der Waals surface area (Å²) in [4.78, 5) is 14.4. The van der Waals surface area contributed by atoms with Crippen LogP contribution in [0.1, 0.15) is 44.9 Å². The lowest BCUT2D eigenvalue weighted by molar-refractivity contribution is 0.110. The van der Waals surface area contributed by atoms with Crippen LogP contribution < -0.4 is 10.6 Å². The second kappa shape index (κ2) is 7.45. The Bertz CT molecular complexity index is 330. The molecule has 0 aromatic heterocycles. The van der Waals surface area contributed by atoms with Crippen LogP contribution in [0.2, 0.25) is 0 Å². The molecule has 0 aromatic carbocycles. The molecule has 2 heterocycles. The van der Waals surface area contributed by atoms with E-state index in [1.54, 1.807) is 0 Å². The molecule has 2 N–H and O–H groups in total. The minimum atomic E-state index is 0.0357. The predicted octanol–water partition coefficient (Wildman–Crippen LogP) is 1.73. The number of nitrogens with one attached hydrogen (secondary N) is 2. The fraction of sp³-hybridized carbons (Fsp3) is 0.938. The topological polar surface area (TPSA) is 53.6 Å². The molecule has 0 bridgehead atoms. The first kappa shape index (κ1) is 15.1. The lowest BCUT2D eigenvalue weighted by Gasteiger charge is -2.35. The van der Waals surface area contributed by atoms with E-state index in [0.717, 1.165) is 45.7 Å². The Morgan fingerprint density at radius 1 is 1.10 bits per heavy atom. The highest BCUT2D eigenvalue weighted by Gasteiger charge is 2.27. The minimum Gasteiger partial charge on any atom is -0.380 e. The molecule has 1 atom stereocenters. The van der Waals surface area contributed by atoms with Crippen LogP contribution in [0.4, 0.5) is 4.79 Å². The van der Waals surface area contributed by atoms with Gasteiger partial charge in [0.25, 0.3) is 0 Å². The van der Waals surface area contributed by atoms with E-state index in [4.69, 9.17) is 4.74 Å². The van der Waals surface area contributed by atoms with E-state index in [0.29, 0.717) is 18.0 Å². The van der Waals surface area contributed by atoms with E-state index < -0.39 is 0 Å². The monoisotopic (exact) mass is 295 g/mol. The van der Waals surface area contributed by atoms with Gasteiger partial charge in [-0.1, -0.05) is 12.8 Å². The molecule has 0 spiro atoms. The Balaban J connectivity index is 1.30. The van der Waals surface area contributed by atoms with Crippen LogP contribution in [-0.2, 0) is 4.74 Å². The molecule has 2 saturated heterocycles. The van der Waals surface area contributed by atoms with Gasteiger partial charge in [0.1, 0.15) is 0 Å².